The first-order chi connectivity index (χ1) is 10.2. The number of benzene rings is 1. The number of halogens is 5. The summed E-state index contributed by atoms with van der Waals surface area (Å²) in [6.07, 6.45) is -3.28. The lowest BCUT2D eigenvalue weighted by Gasteiger charge is -2.33. The molecule has 0 aromatic heterocycles. The largest absolute Gasteiger partial charge is 0.416 e. The molecule has 1 saturated heterocycles. The Kier molecular flexibility index (Phi) is 6.41. The number of alkyl halides is 3. The van der Waals surface area contributed by atoms with Gasteiger partial charge >= 0.3 is 6.18 Å². The van der Waals surface area contributed by atoms with Crippen LogP contribution in [0.1, 0.15) is 35.7 Å². The van der Waals surface area contributed by atoms with Crippen LogP contribution in [0.4, 0.5) is 17.6 Å². The highest BCUT2D eigenvalue weighted by molar-refractivity contribution is 5.94. The second kappa shape index (κ2) is 7.49. The Morgan fingerprint density at radius 3 is 2.30 bits per heavy atom. The van der Waals surface area contributed by atoms with Crippen LogP contribution in [0.3, 0.4) is 0 Å². The monoisotopic (exact) mass is 354 g/mol. The van der Waals surface area contributed by atoms with Crippen molar-refractivity contribution in [3.05, 3.63) is 35.1 Å². The zero-order valence-corrected chi connectivity index (χ0v) is 13.4. The van der Waals surface area contributed by atoms with E-state index in [-0.39, 0.29) is 24.0 Å². The molecule has 1 heterocycles. The van der Waals surface area contributed by atoms with E-state index < -0.39 is 23.5 Å². The van der Waals surface area contributed by atoms with Gasteiger partial charge in [0.25, 0.3) is 5.91 Å². The number of carbonyl (C=O) groups excluding carboxylic acids is 1. The second-order valence-electron chi connectivity index (χ2n) is 5.72. The van der Waals surface area contributed by atoms with Crippen molar-refractivity contribution < 1.29 is 22.4 Å². The maximum Gasteiger partial charge on any atom is 0.416 e. The number of piperidine rings is 1. The summed E-state index contributed by atoms with van der Waals surface area (Å²) in [7, 11) is 0. The number of nitrogens with zero attached hydrogens (tertiary/aromatic N) is 1. The molecule has 1 atom stereocenters. The molecule has 1 fully saturated rings. The van der Waals surface area contributed by atoms with Crippen molar-refractivity contribution in [2.24, 2.45) is 11.7 Å². The average molecular weight is 355 g/mol. The standard InChI is InChI=1S/C15H18F4N2O.ClH/c1-9(20)10-2-4-21(5-3-10)14(22)11-6-12(15(17,18)19)8-13(16)7-11;/h6-10H,2-5,20H2,1H3;1H. The number of rotatable bonds is 2. The number of amides is 1. The maximum absolute atomic E-state index is 13.4. The summed E-state index contributed by atoms with van der Waals surface area (Å²) in [6, 6.07) is 1.94. The molecule has 23 heavy (non-hydrogen) atoms. The molecule has 1 amide bonds. The van der Waals surface area contributed by atoms with Crippen molar-refractivity contribution in [2.45, 2.75) is 32.0 Å². The summed E-state index contributed by atoms with van der Waals surface area (Å²) in [5.41, 5.74) is 4.39. The van der Waals surface area contributed by atoms with E-state index in [9.17, 15) is 22.4 Å². The molecule has 0 radical (unpaired) electrons. The van der Waals surface area contributed by atoms with E-state index in [2.05, 4.69) is 0 Å². The van der Waals surface area contributed by atoms with Gasteiger partial charge in [-0.2, -0.15) is 13.2 Å². The van der Waals surface area contributed by atoms with Crippen LogP contribution >= 0.6 is 12.4 Å². The van der Waals surface area contributed by atoms with E-state index in [0.29, 0.717) is 44.0 Å². The first-order valence-corrected chi connectivity index (χ1v) is 7.11. The van der Waals surface area contributed by atoms with Crippen molar-refractivity contribution >= 4 is 18.3 Å². The van der Waals surface area contributed by atoms with Crippen LogP contribution < -0.4 is 5.73 Å². The van der Waals surface area contributed by atoms with Crippen LogP contribution in [-0.4, -0.2) is 29.9 Å². The van der Waals surface area contributed by atoms with E-state index in [4.69, 9.17) is 5.73 Å². The van der Waals surface area contributed by atoms with Crippen LogP contribution in [0.5, 0.6) is 0 Å². The summed E-state index contributed by atoms with van der Waals surface area (Å²) in [6.45, 7) is 2.73. The quantitative estimate of drug-likeness (QED) is 0.827. The molecule has 1 aliphatic heterocycles. The second-order valence-corrected chi connectivity index (χ2v) is 5.72. The van der Waals surface area contributed by atoms with Crippen LogP contribution in [0.25, 0.3) is 0 Å². The third kappa shape index (κ3) is 4.81. The molecule has 0 bridgehead atoms. The topological polar surface area (TPSA) is 46.3 Å². The van der Waals surface area contributed by atoms with Gasteiger partial charge in [-0.3, -0.25) is 4.79 Å². The Morgan fingerprint density at radius 2 is 1.83 bits per heavy atom. The summed E-state index contributed by atoms with van der Waals surface area (Å²) in [5, 5.41) is 0. The molecule has 0 saturated carbocycles. The minimum absolute atomic E-state index is 0. The predicted molar refractivity (Wildman–Crippen MR) is 80.9 cm³/mol. The van der Waals surface area contributed by atoms with E-state index in [0.717, 1.165) is 6.07 Å². The van der Waals surface area contributed by atoms with Crippen LogP contribution in [0.15, 0.2) is 18.2 Å². The number of hydrogen-bond acceptors (Lipinski definition) is 2. The Balaban J connectivity index is 0.00000264. The van der Waals surface area contributed by atoms with Crippen molar-refractivity contribution in [3.8, 4) is 0 Å². The van der Waals surface area contributed by atoms with E-state index in [1.807, 2.05) is 6.92 Å². The summed E-state index contributed by atoms with van der Waals surface area (Å²) in [5.74, 6) is -1.35. The Morgan fingerprint density at radius 1 is 1.26 bits per heavy atom. The zero-order chi connectivity index (χ0) is 16.5. The zero-order valence-electron chi connectivity index (χ0n) is 12.6. The highest BCUT2D eigenvalue weighted by atomic mass is 35.5. The lowest BCUT2D eigenvalue weighted by Crippen LogP contribution is -2.42. The van der Waals surface area contributed by atoms with Gasteiger partial charge < -0.3 is 10.6 Å². The highest BCUT2D eigenvalue weighted by Gasteiger charge is 2.33. The fourth-order valence-corrected chi connectivity index (χ4v) is 2.69. The predicted octanol–water partition coefficient (Wildman–Crippen LogP) is 3.47. The maximum atomic E-state index is 13.4. The van der Waals surface area contributed by atoms with Gasteiger partial charge in [0.15, 0.2) is 0 Å². The van der Waals surface area contributed by atoms with Gasteiger partial charge in [-0.1, -0.05) is 0 Å². The lowest BCUT2D eigenvalue weighted by atomic mass is 9.90. The normalized spacial score (nSPS) is 17.6. The van der Waals surface area contributed by atoms with Gasteiger partial charge in [-0.05, 0) is 43.9 Å². The van der Waals surface area contributed by atoms with Gasteiger partial charge in [-0.15, -0.1) is 12.4 Å². The Bertz CT molecular complexity index is 555. The fourth-order valence-electron chi connectivity index (χ4n) is 2.69. The molecule has 130 valence electrons. The minimum Gasteiger partial charge on any atom is -0.339 e. The molecule has 1 aromatic carbocycles. The van der Waals surface area contributed by atoms with Gasteiger partial charge in [0.2, 0.25) is 0 Å². The molecular formula is C15H19ClF4N2O. The van der Waals surface area contributed by atoms with Crippen molar-refractivity contribution in [2.75, 3.05) is 13.1 Å². The molecule has 0 spiro atoms. The molecule has 2 N–H and O–H groups in total. The fraction of sp³-hybridized carbons (Fsp3) is 0.533. The van der Waals surface area contributed by atoms with Crippen molar-refractivity contribution in [1.29, 1.82) is 0 Å². The lowest BCUT2D eigenvalue weighted by molar-refractivity contribution is -0.137. The molecular weight excluding hydrogens is 336 g/mol. The third-order valence-electron chi connectivity index (χ3n) is 4.04. The molecule has 8 heteroatoms. The van der Waals surface area contributed by atoms with Crippen LogP contribution in [0.2, 0.25) is 0 Å². The molecule has 2 rings (SSSR count). The number of nitrogens with two attached hydrogens (primary N) is 1. The molecule has 1 aromatic rings. The van der Waals surface area contributed by atoms with Crippen molar-refractivity contribution in [3.63, 3.8) is 0 Å². The van der Waals surface area contributed by atoms with Gasteiger partial charge in [0.1, 0.15) is 5.82 Å². The SMILES string of the molecule is CC(N)C1CCN(C(=O)c2cc(F)cc(C(F)(F)F)c2)CC1.Cl. The number of carbonyl (C=O) groups is 1. The van der Waals surface area contributed by atoms with Crippen LogP contribution in [-0.2, 0) is 6.18 Å². The Labute approximate surface area is 138 Å². The Hall–Kier alpha value is -1.34. The molecule has 1 aliphatic rings. The van der Waals surface area contributed by atoms with Gasteiger partial charge in [-0.25, -0.2) is 4.39 Å². The van der Waals surface area contributed by atoms with Gasteiger partial charge in [0.05, 0.1) is 5.56 Å². The highest BCUT2D eigenvalue weighted by Crippen LogP contribution is 2.31. The molecule has 0 aliphatic carbocycles. The number of hydrogen-bond donors (Lipinski definition) is 1. The summed E-state index contributed by atoms with van der Waals surface area (Å²) < 4.78 is 51.4. The van der Waals surface area contributed by atoms with Gasteiger partial charge in [0, 0.05) is 24.7 Å². The number of likely N-dealkylation sites (tertiary alicyclic amines) is 1. The van der Waals surface area contributed by atoms with E-state index >= 15 is 0 Å². The third-order valence-corrected chi connectivity index (χ3v) is 4.04. The average Bonchev–Trinajstić information content (AvgIpc) is 2.45. The molecule has 3 nitrogen and oxygen atoms in total. The van der Waals surface area contributed by atoms with E-state index in [1.165, 1.54) is 4.90 Å². The smallest absolute Gasteiger partial charge is 0.339 e. The van der Waals surface area contributed by atoms with Crippen LogP contribution in [0, 0.1) is 11.7 Å². The van der Waals surface area contributed by atoms with Crippen molar-refractivity contribution in [1.82, 2.24) is 4.90 Å². The first-order valence-electron chi connectivity index (χ1n) is 7.11. The minimum atomic E-state index is -4.68. The summed E-state index contributed by atoms with van der Waals surface area (Å²) >= 11 is 0. The van der Waals surface area contributed by atoms with E-state index in [1.54, 1.807) is 0 Å². The molecule has 1 unspecified atom stereocenters. The first kappa shape index (κ1) is 19.7. The summed E-state index contributed by atoms with van der Waals surface area (Å²) in [4.78, 5) is 13.7.